The van der Waals surface area contributed by atoms with Gasteiger partial charge in [0.05, 0.1) is 11.2 Å². The van der Waals surface area contributed by atoms with Crippen molar-refractivity contribution in [3.63, 3.8) is 0 Å². The van der Waals surface area contributed by atoms with Crippen molar-refractivity contribution in [1.82, 2.24) is 5.53 Å². The van der Waals surface area contributed by atoms with Crippen molar-refractivity contribution in [3.8, 4) is 0 Å². The van der Waals surface area contributed by atoms with Gasteiger partial charge >= 0.3 is 0 Å². The third-order valence-electron chi connectivity index (χ3n) is 2.13. The van der Waals surface area contributed by atoms with E-state index in [-0.39, 0.29) is 11.7 Å². The second-order valence-corrected chi connectivity index (χ2v) is 3.65. The SMILES string of the molecule is CC(C)c1cccc(F)c1N(C=S)NN. The number of para-hydroxylation sites is 1. The van der Waals surface area contributed by atoms with Crippen LogP contribution in [0.2, 0.25) is 0 Å². The summed E-state index contributed by atoms with van der Waals surface area (Å²) in [7, 11) is 0. The lowest BCUT2D eigenvalue weighted by Crippen LogP contribution is -2.42. The molecule has 15 heavy (non-hydrogen) atoms. The molecule has 3 nitrogen and oxygen atoms in total. The van der Waals surface area contributed by atoms with Crippen LogP contribution in [-0.2, 0) is 0 Å². The third kappa shape index (κ3) is 2.50. The van der Waals surface area contributed by atoms with Gasteiger partial charge in [0.15, 0.2) is 0 Å². The van der Waals surface area contributed by atoms with E-state index in [1.165, 1.54) is 16.6 Å². The third-order valence-corrected chi connectivity index (χ3v) is 2.34. The number of nitrogens with two attached hydrogens (primary N) is 1. The van der Waals surface area contributed by atoms with Crippen molar-refractivity contribution in [3.05, 3.63) is 29.6 Å². The Morgan fingerprint density at radius 2 is 2.20 bits per heavy atom. The average Bonchev–Trinajstić information content (AvgIpc) is 2.21. The molecule has 0 heterocycles. The average molecular weight is 227 g/mol. The summed E-state index contributed by atoms with van der Waals surface area (Å²) in [4.78, 5) is 0. The maximum atomic E-state index is 13.6. The van der Waals surface area contributed by atoms with Crippen LogP contribution in [0.15, 0.2) is 18.2 Å². The fraction of sp³-hybridized carbons (Fsp3) is 0.300. The predicted molar refractivity (Wildman–Crippen MR) is 63.9 cm³/mol. The minimum Gasteiger partial charge on any atom is -0.257 e. The van der Waals surface area contributed by atoms with Gasteiger partial charge in [-0.3, -0.25) is 10.9 Å². The standard InChI is InChI=1S/C10H14FN3S/c1-7(2)8-4-3-5-9(11)10(8)14(6-15)13-12/h3-7,13H,12H2,1-2H3. The summed E-state index contributed by atoms with van der Waals surface area (Å²) in [6.45, 7) is 3.96. The predicted octanol–water partition coefficient (Wildman–Crippen LogP) is 2.09. The number of nitrogens with one attached hydrogen (secondary N) is 1. The largest absolute Gasteiger partial charge is 0.257 e. The number of halogens is 1. The normalized spacial score (nSPS) is 10.5. The first-order chi connectivity index (χ1) is 7.11. The fourth-order valence-corrected chi connectivity index (χ4v) is 1.57. The summed E-state index contributed by atoms with van der Waals surface area (Å²) >= 11 is 4.75. The lowest BCUT2D eigenvalue weighted by atomic mass is 10.0. The molecule has 0 atom stereocenters. The van der Waals surface area contributed by atoms with Gasteiger partial charge in [-0.2, -0.15) is 5.53 Å². The lowest BCUT2D eigenvalue weighted by Gasteiger charge is -2.22. The highest BCUT2D eigenvalue weighted by Gasteiger charge is 2.15. The Morgan fingerprint density at radius 1 is 1.53 bits per heavy atom. The smallest absolute Gasteiger partial charge is 0.148 e. The molecule has 0 unspecified atom stereocenters. The van der Waals surface area contributed by atoms with Crippen LogP contribution in [0.1, 0.15) is 25.3 Å². The van der Waals surface area contributed by atoms with Gasteiger partial charge < -0.3 is 0 Å². The van der Waals surface area contributed by atoms with E-state index in [0.29, 0.717) is 5.69 Å². The summed E-state index contributed by atoms with van der Waals surface area (Å²) in [6, 6.07) is 4.91. The van der Waals surface area contributed by atoms with Gasteiger partial charge in [-0.25, -0.2) is 4.39 Å². The quantitative estimate of drug-likeness (QED) is 0.469. The fourth-order valence-electron chi connectivity index (χ4n) is 1.40. The second kappa shape index (κ2) is 5.16. The van der Waals surface area contributed by atoms with Crippen LogP contribution < -0.4 is 16.4 Å². The molecule has 0 bridgehead atoms. The van der Waals surface area contributed by atoms with Crippen LogP contribution in [0.25, 0.3) is 0 Å². The molecule has 0 aliphatic rings. The first-order valence-electron chi connectivity index (χ1n) is 4.61. The Hall–Kier alpha value is -1.04. The minimum atomic E-state index is -0.347. The molecule has 0 aliphatic heterocycles. The van der Waals surface area contributed by atoms with E-state index in [9.17, 15) is 4.39 Å². The zero-order valence-electron chi connectivity index (χ0n) is 8.70. The molecule has 0 spiro atoms. The van der Waals surface area contributed by atoms with E-state index < -0.39 is 0 Å². The Bertz CT molecular complexity index is 355. The number of rotatable bonds is 4. The van der Waals surface area contributed by atoms with Gasteiger partial charge in [0, 0.05) is 0 Å². The van der Waals surface area contributed by atoms with E-state index in [2.05, 4.69) is 5.53 Å². The van der Waals surface area contributed by atoms with Crippen LogP contribution in [0.5, 0.6) is 0 Å². The molecule has 5 heteroatoms. The summed E-state index contributed by atoms with van der Waals surface area (Å²) < 4.78 is 13.6. The number of nitrogens with zero attached hydrogens (tertiary/aromatic N) is 1. The van der Waals surface area contributed by atoms with E-state index in [0.717, 1.165) is 5.56 Å². The summed E-state index contributed by atoms with van der Waals surface area (Å²) in [6.07, 6.45) is 0. The molecule has 1 rings (SSSR count). The first kappa shape index (κ1) is 12.0. The van der Waals surface area contributed by atoms with Crippen molar-refractivity contribution in [2.24, 2.45) is 5.84 Å². The topological polar surface area (TPSA) is 41.3 Å². The van der Waals surface area contributed by atoms with E-state index in [1.54, 1.807) is 6.07 Å². The number of hydrazine groups is 2. The Kier molecular flexibility index (Phi) is 4.14. The highest BCUT2D eigenvalue weighted by atomic mass is 32.1. The zero-order chi connectivity index (χ0) is 11.4. The molecule has 1 aromatic carbocycles. The molecule has 0 amide bonds. The molecule has 0 aliphatic carbocycles. The van der Waals surface area contributed by atoms with Gasteiger partial charge in [-0.15, -0.1) is 0 Å². The summed E-state index contributed by atoms with van der Waals surface area (Å²) in [5.41, 5.74) is 4.84. The maximum Gasteiger partial charge on any atom is 0.148 e. The zero-order valence-corrected chi connectivity index (χ0v) is 9.51. The molecule has 0 saturated heterocycles. The van der Waals surface area contributed by atoms with Crippen molar-refractivity contribution in [1.29, 1.82) is 0 Å². The summed E-state index contributed by atoms with van der Waals surface area (Å²) in [5, 5.41) is 1.29. The molecule has 0 fully saturated rings. The highest BCUT2D eigenvalue weighted by Crippen LogP contribution is 2.28. The van der Waals surface area contributed by atoms with Crippen LogP contribution in [0.3, 0.4) is 0 Å². The second-order valence-electron chi connectivity index (χ2n) is 3.44. The van der Waals surface area contributed by atoms with Crippen molar-refractivity contribution in [2.45, 2.75) is 19.8 Å². The number of hydrogen-bond donors (Lipinski definition) is 2. The van der Waals surface area contributed by atoms with Gasteiger partial charge in [0.1, 0.15) is 5.82 Å². The summed E-state index contributed by atoms with van der Waals surface area (Å²) in [5.74, 6) is 5.11. The van der Waals surface area contributed by atoms with Gasteiger partial charge in [0.25, 0.3) is 0 Å². The maximum absolute atomic E-state index is 13.6. The molecular weight excluding hydrogens is 213 g/mol. The number of hydrogen-bond acceptors (Lipinski definition) is 3. The number of anilines is 1. The molecule has 0 aromatic heterocycles. The monoisotopic (exact) mass is 227 g/mol. The lowest BCUT2D eigenvalue weighted by molar-refractivity contribution is 0.613. The van der Waals surface area contributed by atoms with Crippen LogP contribution in [0.4, 0.5) is 10.1 Å². The number of thiocarbonyl (C=S) groups is 1. The molecule has 0 radical (unpaired) electrons. The Balaban J connectivity index is 3.29. The molecule has 82 valence electrons. The van der Waals surface area contributed by atoms with Crippen LogP contribution in [-0.4, -0.2) is 5.49 Å². The Morgan fingerprint density at radius 3 is 2.67 bits per heavy atom. The molecule has 3 N–H and O–H groups in total. The van der Waals surface area contributed by atoms with Crippen LogP contribution in [0, 0.1) is 5.82 Å². The number of benzene rings is 1. The van der Waals surface area contributed by atoms with E-state index in [4.69, 9.17) is 18.1 Å². The van der Waals surface area contributed by atoms with Crippen molar-refractivity contribution < 1.29 is 4.39 Å². The van der Waals surface area contributed by atoms with Crippen LogP contribution >= 0.6 is 12.2 Å². The van der Waals surface area contributed by atoms with Gasteiger partial charge in [-0.1, -0.05) is 38.2 Å². The minimum absolute atomic E-state index is 0.196. The van der Waals surface area contributed by atoms with Gasteiger partial charge in [0.2, 0.25) is 0 Å². The Labute approximate surface area is 94.0 Å². The van der Waals surface area contributed by atoms with E-state index >= 15 is 0 Å². The molecule has 1 aromatic rings. The molecular formula is C10H14FN3S. The molecule has 0 saturated carbocycles. The van der Waals surface area contributed by atoms with E-state index in [1.807, 2.05) is 19.9 Å². The van der Waals surface area contributed by atoms with Crippen molar-refractivity contribution >= 4 is 23.4 Å². The first-order valence-corrected chi connectivity index (χ1v) is 5.08. The van der Waals surface area contributed by atoms with Gasteiger partial charge in [-0.05, 0) is 17.5 Å². The van der Waals surface area contributed by atoms with Crippen molar-refractivity contribution in [2.75, 3.05) is 5.01 Å². The highest BCUT2D eigenvalue weighted by molar-refractivity contribution is 7.79.